The van der Waals surface area contributed by atoms with Crippen molar-refractivity contribution in [2.24, 2.45) is 5.92 Å². The maximum Gasteiger partial charge on any atom is 0.245 e. The molecular weight excluding hydrogens is 344 g/mol. The number of rotatable bonds is 9. The lowest BCUT2D eigenvalue weighted by atomic mass is 9.96. The van der Waals surface area contributed by atoms with Crippen LogP contribution in [-0.4, -0.2) is 49.6 Å². The second-order valence-corrected chi connectivity index (χ2v) is 7.70. The average Bonchev–Trinajstić information content (AvgIpc) is 2.94. The van der Waals surface area contributed by atoms with Crippen LogP contribution in [0, 0.1) is 5.92 Å². The molecular formula is C21H32N2O4. The lowest BCUT2D eigenvalue weighted by molar-refractivity contribution is -0.140. The monoisotopic (exact) mass is 376 g/mol. The molecule has 1 saturated heterocycles. The third-order valence-electron chi connectivity index (χ3n) is 5.29. The fourth-order valence-corrected chi connectivity index (χ4v) is 3.44. The Morgan fingerprint density at radius 3 is 2.59 bits per heavy atom. The molecule has 27 heavy (non-hydrogen) atoms. The van der Waals surface area contributed by atoms with Crippen LogP contribution in [0.5, 0.6) is 11.5 Å². The van der Waals surface area contributed by atoms with Gasteiger partial charge in [0.15, 0.2) is 11.5 Å². The number of ether oxygens (including phenoxy) is 2. The van der Waals surface area contributed by atoms with Crippen LogP contribution in [0.2, 0.25) is 0 Å². The Balaban J connectivity index is 2.04. The van der Waals surface area contributed by atoms with E-state index in [1.54, 1.807) is 19.1 Å². The fraction of sp³-hybridized carbons (Fsp3) is 0.619. The molecule has 6 nitrogen and oxygen atoms in total. The summed E-state index contributed by atoms with van der Waals surface area (Å²) in [6.07, 6.45) is 2.56. The number of hydrogen-bond donors (Lipinski definition) is 1. The molecule has 2 rings (SSSR count). The van der Waals surface area contributed by atoms with Crippen LogP contribution in [0.1, 0.15) is 45.6 Å². The van der Waals surface area contributed by atoms with E-state index in [0.29, 0.717) is 49.8 Å². The Kier molecular flexibility index (Phi) is 7.11. The van der Waals surface area contributed by atoms with Gasteiger partial charge in [0.1, 0.15) is 5.54 Å². The third kappa shape index (κ3) is 4.93. The van der Waals surface area contributed by atoms with E-state index in [2.05, 4.69) is 19.2 Å². The number of carbonyl (C=O) groups is 2. The number of nitrogens with one attached hydrogen (secondary N) is 1. The molecule has 0 radical (unpaired) electrons. The van der Waals surface area contributed by atoms with E-state index in [9.17, 15) is 9.59 Å². The molecule has 1 aromatic rings. The summed E-state index contributed by atoms with van der Waals surface area (Å²) in [5.41, 5.74) is 0.264. The second kappa shape index (κ2) is 9.11. The highest BCUT2D eigenvalue weighted by Gasteiger charge is 2.46. The quantitative estimate of drug-likeness (QED) is 0.720. The summed E-state index contributed by atoms with van der Waals surface area (Å²) < 4.78 is 10.6. The van der Waals surface area contributed by atoms with Crippen LogP contribution in [0.15, 0.2) is 18.2 Å². The van der Waals surface area contributed by atoms with Crippen molar-refractivity contribution in [3.63, 3.8) is 0 Å². The van der Waals surface area contributed by atoms with Crippen LogP contribution in [-0.2, 0) is 16.0 Å². The summed E-state index contributed by atoms with van der Waals surface area (Å²) >= 11 is 0. The first-order valence-electron chi connectivity index (χ1n) is 9.61. The normalized spacial score (nSPS) is 19.5. The van der Waals surface area contributed by atoms with Gasteiger partial charge in [-0.2, -0.15) is 0 Å². The van der Waals surface area contributed by atoms with Gasteiger partial charge in [0.2, 0.25) is 11.8 Å². The number of amides is 2. The Morgan fingerprint density at radius 1 is 1.26 bits per heavy atom. The Morgan fingerprint density at radius 2 is 1.96 bits per heavy atom. The van der Waals surface area contributed by atoms with Crippen molar-refractivity contribution in [1.29, 1.82) is 0 Å². The molecule has 0 unspecified atom stereocenters. The molecule has 0 bridgehead atoms. The van der Waals surface area contributed by atoms with Gasteiger partial charge < -0.3 is 19.7 Å². The van der Waals surface area contributed by atoms with Gasteiger partial charge in [-0.3, -0.25) is 9.59 Å². The number of methoxy groups -OCH3 is 2. The second-order valence-electron chi connectivity index (χ2n) is 7.70. The van der Waals surface area contributed by atoms with Crippen LogP contribution in [0.4, 0.5) is 0 Å². The van der Waals surface area contributed by atoms with Crippen molar-refractivity contribution in [3.05, 3.63) is 23.8 Å². The summed E-state index contributed by atoms with van der Waals surface area (Å²) in [5.74, 6) is 1.85. The number of likely N-dealkylation sites (tertiary alicyclic amines) is 1. The Hall–Kier alpha value is -2.24. The predicted octanol–water partition coefficient (Wildman–Crippen LogP) is 2.79. The van der Waals surface area contributed by atoms with Gasteiger partial charge in [-0.15, -0.1) is 0 Å². The first-order chi connectivity index (χ1) is 12.8. The molecule has 1 N–H and O–H groups in total. The smallest absolute Gasteiger partial charge is 0.245 e. The van der Waals surface area contributed by atoms with Crippen molar-refractivity contribution >= 4 is 11.8 Å². The lowest BCUT2D eigenvalue weighted by Crippen LogP contribution is -2.55. The summed E-state index contributed by atoms with van der Waals surface area (Å²) in [7, 11) is 3.20. The molecule has 0 spiro atoms. The standard InChI is InChI=1S/C21H32N2O4/c1-15(2)9-12-22-20(25)21(3)11-8-19(24)23(21)13-10-16-6-7-17(26-4)18(14-16)27-5/h6-7,14-15H,8-13H2,1-5H3,(H,22,25)/t21-/m1/s1. The molecule has 6 heteroatoms. The van der Waals surface area contributed by atoms with E-state index in [1.165, 1.54) is 0 Å². The average molecular weight is 376 g/mol. The van der Waals surface area contributed by atoms with Crippen molar-refractivity contribution < 1.29 is 19.1 Å². The molecule has 2 amide bonds. The maximum absolute atomic E-state index is 12.8. The fourth-order valence-electron chi connectivity index (χ4n) is 3.44. The maximum atomic E-state index is 12.8. The number of nitrogens with zero attached hydrogens (tertiary/aromatic N) is 1. The summed E-state index contributed by atoms with van der Waals surface area (Å²) in [6.45, 7) is 7.27. The zero-order valence-electron chi connectivity index (χ0n) is 17.1. The van der Waals surface area contributed by atoms with Gasteiger partial charge in [-0.1, -0.05) is 19.9 Å². The molecule has 0 aromatic heterocycles. The van der Waals surface area contributed by atoms with Gasteiger partial charge in [0.25, 0.3) is 0 Å². The third-order valence-corrected chi connectivity index (χ3v) is 5.29. The van der Waals surface area contributed by atoms with Crippen LogP contribution in [0.25, 0.3) is 0 Å². The van der Waals surface area contributed by atoms with Gasteiger partial charge in [-0.05, 0) is 49.8 Å². The Labute approximate surface area is 162 Å². The van der Waals surface area contributed by atoms with E-state index >= 15 is 0 Å². The summed E-state index contributed by atoms with van der Waals surface area (Å²) in [4.78, 5) is 26.9. The van der Waals surface area contributed by atoms with Gasteiger partial charge in [0.05, 0.1) is 14.2 Å². The first-order valence-corrected chi connectivity index (χ1v) is 9.61. The molecule has 1 aromatic carbocycles. The highest BCUT2D eigenvalue weighted by molar-refractivity contribution is 5.94. The number of carbonyl (C=O) groups excluding carboxylic acids is 2. The van der Waals surface area contributed by atoms with Gasteiger partial charge in [0, 0.05) is 19.5 Å². The minimum Gasteiger partial charge on any atom is -0.493 e. The van der Waals surface area contributed by atoms with Gasteiger partial charge >= 0.3 is 0 Å². The molecule has 1 fully saturated rings. The largest absolute Gasteiger partial charge is 0.493 e. The minimum atomic E-state index is -0.773. The minimum absolute atomic E-state index is 0.0389. The van der Waals surface area contributed by atoms with Crippen LogP contribution in [0.3, 0.4) is 0 Å². The molecule has 1 atom stereocenters. The number of hydrogen-bond acceptors (Lipinski definition) is 4. The first kappa shape index (κ1) is 21.1. The van der Waals surface area contributed by atoms with Crippen LogP contribution < -0.4 is 14.8 Å². The summed E-state index contributed by atoms with van der Waals surface area (Å²) in [6, 6.07) is 5.74. The van der Waals surface area contributed by atoms with Crippen molar-refractivity contribution in [2.45, 2.75) is 52.0 Å². The molecule has 1 heterocycles. The van der Waals surface area contributed by atoms with E-state index in [1.807, 2.05) is 25.1 Å². The highest BCUT2D eigenvalue weighted by Crippen LogP contribution is 2.32. The van der Waals surface area contributed by atoms with Gasteiger partial charge in [-0.25, -0.2) is 0 Å². The predicted molar refractivity (Wildman–Crippen MR) is 105 cm³/mol. The van der Waals surface area contributed by atoms with Crippen molar-refractivity contribution in [2.75, 3.05) is 27.3 Å². The molecule has 0 aliphatic carbocycles. The molecule has 150 valence electrons. The lowest BCUT2D eigenvalue weighted by Gasteiger charge is -2.34. The SMILES string of the molecule is COc1ccc(CCN2C(=O)CC[C@]2(C)C(=O)NCCC(C)C)cc1OC. The van der Waals surface area contributed by atoms with E-state index in [4.69, 9.17) is 9.47 Å². The Bertz CT molecular complexity index is 674. The zero-order valence-corrected chi connectivity index (χ0v) is 17.1. The molecule has 1 aliphatic rings. The van der Waals surface area contributed by atoms with E-state index in [0.717, 1.165) is 12.0 Å². The summed E-state index contributed by atoms with van der Waals surface area (Å²) in [5, 5.41) is 3.01. The molecule has 0 saturated carbocycles. The van der Waals surface area contributed by atoms with Crippen molar-refractivity contribution in [1.82, 2.24) is 10.2 Å². The van der Waals surface area contributed by atoms with Crippen molar-refractivity contribution in [3.8, 4) is 11.5 Å². The van der Waals surface area contributed by atoms with E-state index in [-0.39, 0.29) is 11.8 Å². The topological polar surface area (TPSA) is 67.9 Å². The van der Waals surface area contributed by atoms with Crippen LogP contribution >= 0.6 is 0 Å². The highest BCUT2D eigenvalue weighted by atomic mass is 16.5. The molecule has 1 aliphatic heterocycles. The zero-order chi connectivity index (χ0) is 20.0. The number of benzene rings is 1. The van der Waals surface area contributed by atoms with E-state index < -0.39 is 5.54 Å².